The van der Waals surface area contributed by atoms with Crippen molar-refractivity contribution < 1.29 is 14.3 Å². The largest absolute Gasteiger partial charge is 0.461 e. The molecule has 0 bridgehead atoms. The number of rotatable bonds is 8. The van der Waals surface area contributed by atoms with Crippen molar-refractivity contribution in [3.63, 3.8) is 0 Å². The summed E-state index contributed by atoms with van der Waals surface area (Å²) in [5.74, 6) is -0.218. The number of carbonyl (C=O) groups excluding carboxylic acids is 2. The van der Waals surface area contributed by atoms with E-state index in [0.29, 0.717) is 19.3 Å². The summed E-state index contributed by atoms with van der Waals surface area (Å²) < 4.78 is 4.77. The number of carbonyl (C=O) groups is 2. The van der Waals surface area contributed by atoms with Crippen LogP contribution in [0.3, 0.4) is 0 Å². The molecule has 0 aromatic rings. The highest BCUT2D eigenvalue weighted by atomic mass is 16.5. The van der Waals surface area contributed by atoms with Gasteiger partial charge in [-0.1, -0.05) is 24.8 Å². The first kappa shape index (κ1) is 12.6. The maximum absolute atomic E-state index is 10.9. The average Bonchev–Trinajstić information content (AvgIpc) is 2.20. The molecule has 0 radical (unpaired) electrons. The Balaban J connectivity index is 3.33. The van der Waals surface area contributed by atoms with Crippen molar-refractivity contribution in [1.29, 1.82) is 0 Å². The van der Waals surface area contributed by atoms with Gasteiger partial charge in [0.1, 0.15) is 12.9 Å². The van der Waals surface area contributed by atoms with E-state index in [1.54, 1.807) is 0 Å². The van der Waals surface area contributed by atoms with Crippen molar-refractivity contribution in [2.75, 3.05) is 6.61 Å². The Morgan fingerprint density at radius 3 is 2.57 bits per heavy atom. The van der Waals surface area contributed by atoms with Crippen LogP contribution in [0.15, 0.2) is 24.8 Å². The van der Waals surface area contributed by atoms with Gasteiger partial charge in [0.25, 0.3) is 0 Å². The average molecular weight is 196 g/mol. The maximum atomic E-state index is 10.9. The van der Waals surface area contributed by atoms with E-state index in [0.717, 1.165) is 12.7 Å². The zero-order valence-corrected chi connectivity index (χ0v) is 8.28. The van der Waals surface area contributed by atoms with Gasteiger partial charge < -0.3 is 9.53 Å². The van der Waals surface area contributed by atoms with Crippen LogP contribution in [0.5, 0.6) is 0 Å². The van der Waals surface area contributed by atoms with E-state index in [9.17, 15) is 9.59 Å². The third kappa shape index (κ3) is 8.71. The minimum absolute atomic E-state index is 0.218. The molecule has 0 aliphatic heterocycles. The molecular weight excluding hydrogens is 180 g/mol. The van der Waals surface area contributed by atoms with E-state index >= 15 is 0 Å². The molecule has 0 heterocycles. The first-order valence-corrected chi connectivity index (χ1v) is 4.66. The van der Waals surface area contributed by atoms with Crippen molar-refractivity contribution in [3.05, 3.63) is 24.8 Å². The summed E-state index contributed by atoms with van der Waals surface area (Å²) in [6.45, 7) is 3.71. The van der Waals surface area contributed by atoms with E-state index in [1.807, 2.05) is 12.2 Å². The summed E-state index contributed by atoms with van der Waals surface area (Å²) in [6.07, 6.45) is 8.53. The van der Waals surface area contributed by atoms with E-state index < -0.39 is 0 Å². The summed E-state index contributed by atoms with van der Waals surface area (Å²) in [7, 11) is 0. The topological polar surface area (TPSA) is 43.4 Å². The molecule has 0 saturated carbocycles. The van der Waals surface area contributed by atoms with Gasteiger partial charge in [-0.05, 0) is 12.8 Å². The van der Waals surface area contributed by atoms with Gasteiger partial charge in [-0.3, -0.25) is 4.79 Å². The smallest absolute Gasteiger partial charge is 0.306 e. The van der Waals surface area contributed by atoms with Gasteiger partial charge in [0.05, 0.1) is 0 Å². The molecule has 0 aromatic carbocycles. The number of hydrogen-bond donors (Lipinski definition) is 0. The lowest BCUT2D eigenvalue weighted by molar-refractivity contribution is -0.142. The predicted molar refractivity (Wildman–Crippen MR) is 54.8 cm³/mol. The molecule has 0 amide bonds. The van der Waals surface area contributed by atoms with Crippen LogP contribution in [0.25, 0.3) is 0 Å². The van der Waals surface area contributed by atoms with Crippen molar-refractivity contribution in [3.8, 4) is 0 Å². The van der Waals surface area contributed by atoms with Gasteiger partial charge in [-0.2, -0.15) is 0 Å². The van der Waals surface area contributed by atoms with Gasteiger partial charge in [-0.15, -0.1) is 0 Å². The number of allylic oxidation sites excluding steroid dienone is 2. The Hall–Kier alpha value is -1.38. The van der Waals surface area contributed by atoms with E-state index in [-0.39, 0.29) is 12.6 Å². The summed E-state index contributed by atoms with van der Waals surface area (Å²) in [5, 5.41) is 0. The van der Waals surface area contributed by atoms with Crippen LogP contribution in [-0.4, -0.2) is 18.9 Å². The summed E-state index contributed by atoms with van der Waals surface area (Å²) >= 11 is 0. The monoisotopic (exact) mass is 196 g/mol. The molecule has 0 aliphatic rings. The summed E-state index contributed by atoms with van der Waals surface area (Å²) in [4.78, 5) is 20.9. The van der Waals surface area contributed by atoms with Crippen LogP contribution in [0, 0.1) is 0 Å². The van der Waals surface area contributed by atoms with Gasteiger partial charge in [-0.25, -0.2) is 0 Å². The Bertz CT molecular complexity index is 207. The van der Waals surface area contributed by atoms with E-state index in [2.05, 4.69) is 6.58 Å². The molecule has 0 unspecified atom stereocenters. The molecule has 0 aromatic heterocycles. The Morgan fingerprint density at radius 1 is 1.21 bits per heavy atom. The quantitative estimate of drug-likeness (QED) is 0.258. The second kappa shape index (κ2) is 9.71. The van der Waals surface area contributed by atoms with E-state index in [4.69, 9.17) is 4.74 Å². The normalized spacial score (nSPS) is 10.0. The van der Waals surface area contributed by atoms with Crippen molar-refractivity contribution in [2.24, 2.45) is 0 Å². The molecule has 0 rings (SSSR count). The molecule has 0 saturated heterocycles. The highest BCUT2D eigenvalue weighted by Crippen LogP contribution is 1.96. The second-order valence-corrected chi connectivity index (χ2v) is 2.73. The lowest BCUT2D eigenvalue weighted by atomic mass is 10.2. The fraction of sp³-hybridized carbons (Fsp3) is 0.455. The Morgan fingerprint density at radius 2 is 1.93 bits per heavy atom. The molecule has 0 fully saturated rings. The van der Waals surface area contributed by atoms with Crippen molar-refractivity contribution in [1.82, 2.24) is 0 Å². The molecule has 78 valence electrons. The van der Waals surface area contributed by atoms with Crippen LogP contribution in [-0.2, 0) is 14.3 Å². The number of ether oxygens (including phenoxy) is 1. The maximum Gasteiger partial charge on any atom is 0.306 e. The zero-order valence-electron chi connectivity index (χ0n) is 8.28. The first-order chi connectivity index (χ1) is 6.81. The molecular formula is C11H16O3. The number of aldehydes is 1. The third-order valence-corrected chi connectivity index (χ3v) is 1.50. The highest BCUT2D eigenvalue weighted by molar-refractivity contribution is 5.69. The molecule has 0 atom stereocenters. The Kier molecular flexibility index (Phi) is 8.75. The molecule has 3 nitrogen and oxygen atoms in total. The van der Waals surface area contributed by atoms with Crippen molar-refractivity contribution >= 4 is 12.3 Å². The van der Waals surface area contributed by atoms with Gasteiger partial charge in [0.15, 0.2) is 0 Å². The highest BCUT2D eigenvalue weighted by Gasteiger charge is 1.97. The van der Waals surface area contributed by atoms with Crippen LogP contribution in [0.4, 0.5) is 0 Å². The van der Waals surface area contributed by atoms with Crippen molar-refractivity contribution in [2.45, 2.75) is 25.7 Å². The van der Waals surface area contributed by atoms with Crippen LogP contribution >= 0.6 is 0 Å². The first-order valence-electron chi connectivity index (χ1n) is 4.66. The molecule has 0 aliphatic carbocycles. The van der Waals surface area contributed by atoms with E-state index in [1.165, 1.54) is 6.08 Å². The standard InChI is InChI=1S/C11H16O3/c1-2-10-14-11(13)8-6-4-3-5-7-9-12/h2-4,9H,1,5-8,10H2. The zero-order chi connectivity index (χ0) is 10.6. The molecule has 3 heteroatoms. The van der Waals surface area contributed by atoms with Gasteiger partial charge in [0, 0.05) is 12.8 Å². The number of esters is 1. The predicted octanol–water partition coefficient (Wildman–Crippen LogP) is 2.03. The fourth-order valence-corrected chi connectivity index (χ4v) is 0.825. The molecule has 0 N–H and O–H groups in total. The van der Waals surface area contributed by atoms with Crippen LogP contribution in [0.1, 0.15) is 25.7 Å². The summed E-state index contributed by atoms with van der Waals surface area (Å²) in [5.41, 5.74) is 0. The van der Waals surface area contributed by atoms with Crippen LogP contribution < -0.4 is 0 Å². The number of unbranched alkanes of at least 4 members (excludes halogenated alkanes) is 1. The minimum atomic E-state index is -0.218. The SMILES string of the molecule is C=CCOC(=O)CCC=CCCC=O. The second-order valence-electron chi connectivity index (χ2n) is 2.73. The lowest BCUT2D eigenvalue weighted by Gasteiger charge is -1.98. The molecule has 14 heavy (non-hydrogen) atoms. The number of hydrogen-bond acceptors (Lipinski definition) is 3. The lowest BCUT2D eigenvalue weighted by Crippen LogP contribution is -2.02. The van der Waals surface area contributed by atoms with Crippen LogP contribution in [0.2, 0.25) is 0 Å². The third-order valence-electron chi connectivity index (χ3n) is 1.50. The molecule has 0 spiro atoms. The fourth-order valence-electron chi connectivity index (χ4n) is 0.825. The van der Waals surface area contributed by atoms with Gasteiger partial charge in [0.2, 0.25) is 0 Å². The minimum Gasteiger partial charge on any atom is -0.461 e. The Labute approximate surface area is 84.4 Å². The summed E-state index contributed by atoms with van der Waals surface area (Å²) in [6, 6.07) is 0. The van der Waals surface area contributed by atoms with Gasteiger partial charge >= 0.3 is 5.97 Å².